The lowest BCUT2D eigenvalue weighted by atomic mass is 9.97. The van der Waals surface area contributed by atoms with Gasteiger partial charge in [0.2, 0.25) is 0 Å². The maximum Gasteiger partial charge on any atom is 0.160 e. The van der Waals surface area contributed by atoms with Crippen molar-refractivity contribution < 1.29 is 4.42 Å². The first-order valence-electron chi connectivity index (χ1n) is 18.4. The van der Waals surface area contributed by atoms with Gasteiger partial charge in [-0.2, -0.15) is 0 Å². The van der Waals surface area contributed by atoms with E-state index in [9.17, 15) is 0 Å². The Bertz CT molecular complexity index is 3150. The van der Waals surface area contributed by atoms with Crippen molar-refractivity contribution in [2.24, 2.45) is 0 Å². The molecule has 55 heavy (non-hydrogen) atoms. The van der Waals surface area contributed by atoms with Crippen LogP contribution in [0.2, 0.25) is 0 Å². The number of para-hydroxylation sites is 2. The van der Waals surface area contributed by atoms with E-state index >= 15 is 0 Å². The largest absolute Gasteiger partial charge is 0.453 e. The molecule has 0 saturated heterocycles. The van der Waals surface area contributed by atoms with Gasteiger partial charge in [-0.3, -0.25) is 0 Å². The van der Waals surface area contributed by atoms with Gasteiger partial charge in [0, 0.05) is 58.7 Å². The Kier molecular flexibility index (Phi) is 7.32. The smallest absolute Gasteiger partial charge is 0.160 e. The fourth-order valence-electron chi connectivity index (χ4n) is 7.98. The lowest BCUT2D eigenvalue weighted by Gasteiger charge is -2.26. The molecular weight excluding hydrogens is 691 g/mol. The number of benzene rings is 8. The molecule has 0 aliphatic heterocycles. The van der Waals surface area contributed by atoms with Gasteiger partial charge in [-0.15, -0.1) is 11.3 Å². The maximum absolute atomic E-state index is 7.11. The Morgan fingerprint density at radius 1 is 0.418 bits per heavy atom. The van der Waals surface area contributed by atoms with Crippen LogP contribution in [0, 0.1) is 0 Å². The summed E-state index contributed by atoms with van der Waals surface area (Å²) < 4.78 is 9.63. The lowest BCUT2D eigenvalue weighted by molar-refractivity contribution is 0.673. The minimum atomic E-state index is 0.689. The lowest BCUT2D eigenvalue weighted by Crippen LogP contribution is -2.10. The summed E-state index contributed by atoms with van der Waals surface area (Å²) in [6.07, 6.45) is 0. The highest BCUT2D eigenvalue weighted by Gasteiger charge is 2.24. The zero-order valence-corrected chi connectivity index (χ0v) is 30.4. The molecule has 11 rings (SSSR count). The zero-order chi connectivity index (χ0) is 36.3. The third-order valence-corrected chi connectivity index (χ3v) is 11.6. The number of fused-ring (bicyclic) bond motifs is 8. The minimum absolute atomic E-state index is 0.689. The number of nitrogens with zero attached hydrogens (tertiary/aromatic N) is 3. The van der Waals surface area contributed by atoms with Crippen LogP contribution < -0.4 is 4.90 Å². The van der Waals surface area contributed by atoms with Crippen LogP contribution in [-0.4, -0.2) is 9.97 Å². The monoisotopic (exact) mass is 721 g/mol. The van der Waals surface area contributed by atoms with Crippen LogP contribution in [0.15, 0.2) is 192 Å². The van der Waals surface area contributed by atoms with Gasteiger partial charge in [-0.05, 0) is 53.9 Å². The van der Waals surface area contributed by atoms with E-state index in [-0.39, 0.29) is 0 Å². The van der Waals surface area contributed by atoms with Gasteiger partial charge in [-0.25, -0.2) is 9.97 Å². The van der Waals surface area contributed by atoms with Crippen molar-refractivity contribution in [3.05, 3.63) is 188 Å². The SMILES string of the molecule is c1ccc(-c2cc(-c3cc4c5cccc(N(c6ccccc6)c6cccc7sc8ccccc8c67)c5oc4c4ccccc34)nc(-c3ccccc3)n2)cc1. The molecule has 0 atom stereocenters. The molecular formula is C50H31N3OS. The van der Waals surface area contributed by atoms with Crippen LogP contribution in [-0.2, 0) is 0 Å². The number of rotatable bonds is 6. The highest BCUT2D eigenvalue weighted by atomic mass is 32.1. The fourth-order valence-corrected chi connectivity index (χ4v) is 9.11. The molecule has 0 aliphatic rings. The standard InChI is InChI=1S/C50H31N3OS/c1-4-16-32(17-5-1)41-31-42(52-50(51-41)33-18-6-2-7-19-33)39-30-40-37-25-14-27-44(49(37)54-48(40)36-23-11-10-22-35(36)39)53(34-20-8-3-9-21-34)43-26-15-29-46-47(43)38-24-12-13-28-45(38)55-46/h1-31H. The summed E-state index contributed by atoms with van der Waals surface area (Å²) in [5.74, 6) is 0.689. The Hall–Kier alpha value is -7.08. The average molecular weight is 722 g/mol. The van der Waals surface area contributed by atoms with Crippen LogP contribution in [0.1, 0.15) is 0 Å². The normalized spacial score (nSPS) is 11.6. The minimum Gasteiger partial charge on any atom is -0.453 e. The van der Waals surface area contributed by atoms with Gasteiger partial charge in [0.25, 0.3) is 0 Å². The van der Waals surface area contributed by atoms with Gasteiger partial charge in [0.1, 0.15) is 5.58 Å². The molecule has 3 heterocycles. The van der Waals surface area contributed by atoms with Crippen molar-refractivity contribution in [1.82, 2.24) is 9.97 Å². The van der Waals surface area contributed by atoms with Crippen molar-refractivity contribution in [3.63, 3.8) is 0 Å². The molecule has 0 spiro atoms. The third-order valence-electron chi connectivity index (χ3n) is 10.5. The van der Waals surface area contributed by atoms with E-state index in [1.54, 1.807) is 0 Å². The van der Waals surface area contributed by atoms with Gasteiger partial charge in [-0.1, -0.05) is 140 Å². The summed E-state index contributed by atoms with van der Waals surface area (Å²) in [6, 6.07) is 65.9. The zero-order valence-electron chi connectivity index (χ0n) is 29.6. The molecule has 0 fully saturated rings. The number of anilines is 3. The summed E-state index contributed by atoms with van der Waals surface area (Å²) in [5.41, 5.74) is 9.62. The van der Waals surface area contributed by atoms with Gasteiger partial charge < -0.3 is 9.32 Å². The molecule has 0 amide bonds. The van der Waals surface area contributed by atoms with E-state index in [4.69, 9.17) is 14.4 Å². The van der Waals surface area contributed by atoms with Crippen molar-refractivity contribution >= 4 is 81.3 Å². The fraction of sp³-hybridized carbons (Fsp3) is 0. The molecule has 3 aromatic heterocycles. The Labute approximate surface area is 321 Å². The van der Waals surface area contributed by atoms with Crippen molar-refractivity contribution in [1.29, 1.82) is 0 Å². The predicted molar refractivity (Wildman–Crippen MR) is 231 cm³/mol. The molecule has 0 N–H and O–H groups in total. The van der Waals surface area contributed by atoms with E-state index in [1.165, 1.54) is 20.2 Å². The summed E-state index contributed by atoms with van der Waals surface area (Å²) in [5, 5.41) is 6.68. The molecule has 11 aromatic rings. The third kappa shape index (κ3) is 5.20. The number of aromatic nitrogens is 2. The van der Waals surface area contributed by atoms with E-state index in [2.05, 4.69) is 169 Å². The number of furan rings is 1. The van der Waals surface area contributed by atoms with Gasteiger partial charge >= 0.3 is 0 Å². The maximum atomic E-state index is 7.11. The first-order chi connectivity index (χ1) is 27.3. The molecule has 0 bridgehead atoms. The van der Waals surface area contributed by atoms with Crippen LogP contribution in [0.5, 0.6) is 0 Å². The molecule has 0 radical (unpaired) electrons. The quantitative estimate of drug-likeness (QED) is 0.171. The highest BCUT2D eigenvalue weighted by molar-refractivity contribution is 7.26. The van der Waals surface area contributed by atoms with Crippen molar-refractivity contribution in [3.8, 4) is 33.9 Å². The molecule has 5 heteroatoms. The molecule has 258 valence electrons. The average Bonchev–Trinajstić information content (AvgIpc) is 3.84. The molecule has 4 nitrogen and oxygen atoms in total. The van der Waals surface area contributed by atoms with E-state index < -0.39 is 0 Å². The van der Waals surface area contributed by atoms with Crippen molar-refractivity contribution in [2.75, 3.05) is 4.90 Å². The van der Waals surface area contributed by atoms with E-state index in [1.807, 2.05) is 35.6 Å². The van der Waals surface area contributed by atoms with Crippen LogP contribution >= 0.6 is 11.3 Å². The summed E-state index contributed by atoms with van der Waals surface area (Å²) in [4.78, 5) is 12.7. The second kappa shape index (κ2) is 12.8. The second-order valence-electron chi connectivity index (χ2n) is 13.7. The Balaban J connectivity index is 1.18. The summed E-state index contributed by atoms with van der Waals surface area (Å²) >= 11 is 1.83. The second-order valence-corrected chi connectivity index (χ2v) is 14.8. The van der Waals surface area contributed by atoms with Crippen molar-refractivity contribution in [2.45, 2.75) is 0 Å². The molecule has 0 unspecified atom stereocenters. The number of hydrogen-bond acceptors (Lipinski definition) is 5. The first-order valence-corrected chi connectivity index (χ1v) is 19.2. The topological polar surface area (TPSA) is 42.2 Å². The van der Waals surface area contributed by atoms with Crippen LogP contribution in [0.3, 0.4) is 0 Å². The summed E-state index contributed by atoms with van der Waals surface area (Å²) in [6.45, 7) is 0. The van der Waals surface area contributed by atoms with Crippen LogP contribution in [0.25, 0.3) is 86.8 Å². The van der Waals surface area contributed by atoms with E-state index in [0.717, 1.165) is 77.9 Å². The summed E-state index contributed by atoms with van der Waals surface area (Å²) in [7, 11) is 0. The molecule has 0 aliphatic carbocycles. The highest BCUT2D eigenvalue weighted by Crippen LogP contribution is 2.48. The van der Waals surface area contributed by atoms with E-state index in [0.29, 0.717) is 5.82 Å². The Morgan fingerprint density at radius 2 is 1.00 bits per heavy atom. The predicted octanol–water partition coefficient (Wildman–Crippen LogP) is 14.4. The first kappa shape index (κ1) is 31.4. The Morgan fingerprint density at radius 3 is 1.80 bits per heavy atom. The van der Waals surface area contributed by atoms with Crippen LogP contribution in [0.4, 0.5) is 17.1 Å². The molecule has 8 aromatic carbocycles. The van der Waals surface area contributed by atoms with Gasteiger partial charge in [0.05, 0.1) is 22.8 Å². The number of thiophene rings is 1. The van der Waals surface area contributed by atoms with Gasteiger partial charge in [0.15, 0.2) is 11.4 Å². The number of hydrogen-bond donors (Lipinski definition) is 0. The molecule has 0 saturated carbocycles.